The Morgan fingerprint density at radius 2 is 0.938 bits per heavy atom. The van der Waals surface area contributed by atoms with Gasteiger partial charge in [0, 0.05) is 16.5 Å². The minimum atomic E-state index is -1.52. The van der Waals surface area contributed by atoms with Crippen molar-refractivity contribution in [2.45, 2.75) is 39.3 Å². The predicted octanol–water partition coefficient (Wildman–Crippen LogP) is 5.92. The van der Waals surface area contributed by atoms with Crippen molar-refractivity contribution in [2.75, 3.05) is 0 Å². The fourth-order valence-electron chi connectivity index (χ4n) is 3.77. The van der Waals surface area contributed by atoms with Crippen molar-refractivity contribution in [1.29, 1.82) is 0 Å². The second-order valence-corrected chi connectivity index (χ2v) is 20.2. The number of benzene rings is 2. The number of hydrogen-bond donors (Lipinski definition) is 0. The molecule has 2 aromatic carbocycles. The fraction of sp³-hybridized carbons (Fsp3) is 0.214. The Morgan fingerprint density at radius 3 is 1.34 bits per heavy atom. The molecule has 32 heavy (non-hydrogen) atoms. The van der Waals surface area contributed by atoms with Gasteiger partial charge in [-0.05, 0) is 27.9 Å². The van der Waals surface area contributed by atoms with Crippen LogP contribution in [0.2, 0.25) is 39.3 Å². The summed E-state index contributed by atoms with van der Waals surface area (Å²) in [5, 5.41) is 4.73. The molecule has 0 aliphatic heterocycles. The third kappa shape index (κ3) is 4.53. The molecule has 2 heterocycles. The third-order valence-corrected chi connectivity index (χ3v) is 9.51. The Bertz CT molecular complexity index is 1300. The summed E-state index contributed by atoms with van der Waals surface area (Å²) >= 11 is 0. The predicted molar refractivity (Wildman–Crippen MR) is 139 cm³/mol. The largest absolute Gasteiger partial charge is 0.471 e. The maximum Gasteiger partial charge on any atom is 0.106 e. The van der Waals surface area contributed by atoms with Gasteiger partial charge in [-0.25, -0.2) is 0 Å². The van der Waals surface area contributed by atoms with Crippen LogP contribution in [0.15, 0.2) is 70.3 Å². The van der Waals surface area contributed by atoms with Crippen LogP contribution in [0.3, 0.4) is 0 Å². The molecule has 0 bridgehead atoms. The molecule has 0 amide bonds. The van der Waals surface area contributed by atoms with E-state index >= 15 is 0 Å². The second-order valence-electron chi connectivity index (χ2n) is 10.1. The molecule has 0 aliphatic rings. The summed E-state index contributed by atoms with van der Waals surface area (Å²) in [6.45, 7) is 13.8. The molecular formula is C28H28O2Si2. The van der Waals surface area contributed by atoms with Gasteiger partial charge in [-0.15, -0.1) is 0 Å². The lowest BCUT2D eigenvalue weighted by Gasteiger charge is -2.13. The molecule has 0 N–H and O–H groups in total. The Kier molecular flexibility index (Phi) is 5.78. The van der Waals surface area contributed by atoms with Gasteiger partial charge in [0.2, 0.25) is 0 Å². The van der Waals surface area contributed by atoms with E-state index < -0.39 is 16.1 Å². The highest BCUT2D eigenvalue weighted by Crippen LogP contribution is 2.22. The monoisotopic (exact) mass is 452 g/mol. The molecule has 160 valence electrons. The highest BCUT2D eigenvalue weighted by Gasteiger charge is 2.22. The zero-order valence-electron chi connectivity index (χ0n) is 19.6. The molecular weight excluding hydrogens is 424 g/mol. The summed E-state index contributed by atoms with van der Waals surface area (Å²) in [6.07, 6.45) is 7.25. The van der Waals surface area contributed by atoms with Gasteiger partial charge in [0.05, 0.1) is 39.8 Å². The van der Waals surface area contributed by atoms with E-state index in [0.717, 1.165) is 33.0 Å². The molecule has 0 aliphatic carbocycles. The highest BCUT2D eigenvalue weighted by atomic mass is 28.3. The van der Waals surface area contributed by atoms with Gasteiger partial charge in [-0.3, -0.25) is 0 Å². The zero-order valence-corrected chi connectivity index (χ0v) is 21.6. The second kappa shape index (κ2) is 8.39. The first-order valence-electron chi connectivity index (χ1n) is 10.8. The Hall–Kier alpha value is -3.19. The van der Waals surface area contributed by atoms with Crippen LogP contribution >= 0.6 is 0 Å². The lowest BCUT2D eigenvalue weighted by Crippen LogP contribution is -2.38. The summed E-state index contributed by atoms with van der Waals surface area (Å²) in [4.78, 5) is 0. The van der Waals surface area contributed by atoms with Gasteiger partial charge >= 0.3 is 0 Å². The van der Waals surface area contributed by atoms with Gasteiger partial charge < -0.3 is 8.83 Å². The number of fused-ring (bicyclic) bond motifs is 1. The van der Waals surface area contributed by atoms with Crippen molar-refractivity contribution in [1.82, 2.24) is 0 Å². The summed E-state index contributed by atoms with van der Waals surface area (Å²) in [5.74, 6) is 13.5. The van der Waals surface area contributed by atoms with Crippen molar-refractivity contribution >= 4 is 37.3 Å². The molecule has 0 saturated heterocycles. The van der Waals surface area contributed by atoms with Crippen LogP contribution in [0.5, 0.6) is 0 Å². The molecule has 0 saturated carbocycles. The maximum absolute atomic E-state index is 5.49. The van der Waals surface area contributed by atoms with Crippen molar-refractivity contribution in [3.8, 4) is 23.7 Å². The molecule has 0 atom stereocenters. The van der Waals surface area contributed by atoms with Crippen LogP contribution in [0.4, 0.5) is 0 Å². The zero-order chi connectivity index (χ0) is 22.9. The highest BCUT2D eigenvalue weighted by molar-refractivity contribution is 6.89. The molecule has 0 radical (unpaired) electrons. The van der Waals surface area contributed by atoms with Crippen molar-refractivity contribution in [3.63, 3.8) is 0 Å². The molecule has 0 fully saturated rings. The summed E-state index contributed by atoms with van der Waals surface area (Å²) < 4.78 is 11.0. The molecule has 2 nitrogen and oxygen atoms in total. The molecule has 4 heteroatoms. The van der Waals surface area contributed by atoms with Crippen LogP contribution in [-0.4, -0.2) is 16.1 Å². The van der Waals surface area contributed by atoms with Crippen LogP contribution < -0.4 is 10.4 Å². The molecule has 2 aromatic heterocycles. The van der Waals surface area contributed by atoms with Crippen molar-refractivity contribution < 1.29 is 8.83 Å². The summed E-state index contributed by atoms with van der Waals surface area (Å²) in [7, 11) is -3.03. The number of hydrogen-bond acceptors (Lipinski definition) is 2. The van der Waals surface area contributed by atoms with E-state index in [2.05, 4.69) is 99.4 Å². The molecule has 0 unspecified atom stereocenters. The topological polar surface area (TPSA) is 26.3 Å². The summed E-state index contributed by atoms with van der Waals surface area (Å²) in [6, 6.07) is 12.5. The molecule has 4 rings (SSSR count). The van der Waals surface area contributed by atoms with E-state index in [4.69, 9.17) is 8.83 Å². The first-order valence-corrected chi connectivity index (χ1v) is 17.8. The smallest absolute Gasteiger partial charge is 0.106 e. The van der Waals surface area contributed by atoms with Crippen molar-refractivity contribution in [3.05, 3.63) is 83.7 Å². The van der Waals surface area contributed by atoms with Gasteiger partial charge in [0.25, 0.3) is 0 Å². The van der Waals surface area contributed by atoms with E-state index in [9.17, 15) is 0 Å². The fourth-order valence-corrected chi connectivity index (χ4v) is 6.47. The van der Waals surface area contributed by atoms with Crippen molar-refractivity contribution in [2.24, 2.45) is 0 Å². The minimum absolute atomic E-state index is 0.979. The quantitative estimate of drug-likeness (QED) is 0.279. The van der Waals surface area contributed by atoms with E-state index in [1.807, 2.05) is 12.5 Å². The Balaban J connectivity index is 1.82. The first-order chi connectivity index (χ1) is 15.1. The summed E-state index contributed by atoms with van der Waals surface area (Å²) in [5.41, 5.74) is 3.94. The van der Waals surface area contributed by atoms with Gasteiger partial charge in [-0.2, -0.15) is 0 Å². The first kappa shape index (κ1) is 22.0. The van der Waals surface area contributed by atoms with Crippen LogP contribution in [-0.2, 0) is 0 Å². The van der Waals surface area contributed by atoms with E-state index in [1.54, 1.807) is 12.5 Å². The Labute approximate surface area is 192 Å². The maximum atomic E-state index is 5.49. The average molecular weight is 453 g/mol. The third-order valence-electron chi connectivity index (χ3n) is 5.51. The van der Waals surface area contributed by atoms with Gasteiger partial charge in [0.1, 0.15) is 12.5 Å². The minimum Gasteiger partial charge on any atom is -0.471 e. The normalized spacial score (nSPS) is 11.6. The lowest BCUT2D eigenvalue weighted by atomic mass is 9.99. The lowest BCUT2D eigenvalue weighted by molar-refractivity contribution is 0.568. The average Bonchev–Trinajstić information content (AvgIpc) is 3.39. The molecule has 0 spiro atoms. The number of rotatable bonds is 2. The van der Waals surface area contributed by atoms with Crippen LogP contribution in [0.25, 0.3) is 10.8 Å². The van der Waals surface area contributed by atoms with Gasteiger partial charge in [-0.1, -0.05) is 87.2 Å². The van der Waals surface area contributed by atoms with E-state index in [0.29, 0.717) is 0 Å². The molecule has 4 aromatic rings. The van der Waals surface area contributed by atoms with Crippen LogP contribution in [0.1, 0.15) is 22.3 Å². The van der Waals surface area contributed by atoms with E-state index in [1.165, 1.54) is 10.4 Å². The Morgan fingerprint density at radius 1 is 0.531 bits per heavy atom. The van der Waals surface area contributed by atoms with E-state index in [-0.39, 0.29) is 0 Å². The van der Waals surface area contributed by atoms with Gasteiger partial charge in [0.15, 0.2) is 0 Å². The SMILES string of the molecule is C[Si](C)(C)c1cocc1C#Cc1cccc2cccc(C#Cc3cocc3[Si](C)(C)C)c12. The number of furan rings is 2. The standard InChI is InChI=1S/C28H28O2Si2/c1-31(2,3)26-19-29-17-24(26)15-13-22-11-7-9-21-10-8-12-23(28(21)22)14-16-25-18-30-20-27(25)32(4,5)6/h7-12,17-20H,1-6H3. The van der Waals surface area contributed by atoms with Crippen LogP contribution in [0, 0.1) is 23.7 Å².